The average molecular weight is 655 g/mol. The predicted octanol–water partition coefficient (Wildman–Crippen LogP) is 5.99. The van der Waals surface area contributed by atoms with Gasteiger partial charge in [-0.3, -0.25) is 14.5 Å². The number of nitrogens with zero attached hydrogens (tertiary/aromatic N) is 1. The van der Waals surface area contributed by atoms with E-state index in [1.54, 1.807) is 19.2 Å². The highest BCUT2D eigenvalue weighted by Gasteiger charge is 2.57. The number of halogens is 1. The van der Waals surface area contributed by atoms with Gasteiger partial charge in [-0.15, -0.1) is 0 Å². The number of fused-ring (bicyclic) bond motifs is 3. The van der Waals surface area contributed by atoms with E-state index < -0.39 is 19.0 Å². The van der Waals surface area contributed by atoms with Gasteiger partial charge >= 0.3 is 7.12 Å². The molecular weight excluding hydrogens is 620 g/mol. The van der Waals surface area contributed by atoms with Gasteiger partial charge in [0.15, 0.2) is 11.5 Å². The van der Waals surface area contributed by atoms with E-state index in [-0.39, 0.29) is 29.6 Å². The van der Waals surface area contributed by atoms with Crippen molar-refractivity contribution in [3.63, 3.8) is 0 Å². The van der Waals surface area contributed by atoms with Gasteiger partial charge in [-0.05, 0) is 103 Å². The number of methoxy groups -OCH3 is 1. The van der Waals surface area contributed by atoms with Gasteiger partial charge in [0.05, 0.1) is 34.3 Å². The molecule has 0 unspecified atom stereocenters. The first-order valence-corrected chi connectivity index (χ1v) is 15.0. The number of hydrogen-bond acceptors (Lipinski definition) is 6. The molecule has 2 N–H and O–H groups in total. The van der Waals surface area contributed by atoms with E-state index in [2.05, 4.69) is 35.6 Å². The minimum atomic E-state index is -0.986. The molecule has 7 nitrogen and oxygen atoms in total. The lowest BCUT2D eigenvalue weighted by molar-refractivity contribution is -0.122. The van der Waals surface area contributed by atoms with Crippen molar-refractivity contribution in [3.05, 3.63) is 68.3 Å². The first kappa shape index (κ1) is 28.9. The van der Waals surface area contributed by atoms with Gasteiger partial charge in [0, 0.05) is 0 Å². The summed E-state index contributed by atoms with van der Waals surface area (Å²) in [7, 11) is 0.556. The molecule has 40 heavy (non-hydrogen) atoms. The van der Waals surface area contributed by atoms with E-state index in [4.69, 9.17) is 9.39 Å². The number of carbonyl (C=O) groups excluding carboxylic acids is 2. The zero-order chi connectivity index (χ0) is 28.6. The van der Waals surface area contributed by atoms with Crippen LogP contribution in [0.1, 0.15) is 51.5 Å². The monoisotopic (exact) mass is 655 g/mol. The summed E-state index contributed by atoms with van der Waals surface area (Å²) in [5.41, 5.74) is 4.97. The summed E-state index contributed by atoms with van der Waals surface area (Å²) in [4.78, 5) is 28.5. The molecule has 2 aliphatic heterocycles. The third kappa shape index (κ3) is 5.48. The maximum absolute atomic E-state index is 13.7. The predicted molar refractivity (Wildman–Crippen MR) is 164 cm³/mol. The van der Waals surface area contributed by atoms with Crippen LogP contribution in [-0.2, 0) is 14.2 Å². The molecule has 0 radical (unpaired) electrons. The number of benzene rings is 2. The van der Waals surface area contributed by atoms with Crippen molar-refractivity contribution in [1.29, 1.82) is 0 Å². The highest BCUT2D eigenvalue weighted by molar-refractivity contribution is 14.1. The highest BCUT2D eigenvalue weighted by atomic mass is 127. The van der Waals surface area contributed by atoms with Gasteiger partial charge < -0.3 is 19.5 Å². The summed E-state index contributed by atoms with van der Waals surface area (Å²) in [5.74, 6) is -0.861. The van der Waals surface area contributed by atoms with Crippen molar-refractivity contribution >= 4 is 53.3 Å². The van der Waals surface area contributed by atoms with Crippen molar-refractivity contribution in [2.75, 3.05) is 12.0 Å². The maximum atomic E-state index is 13.7. The second-order valence-corrected chi connectivity index (χ2v) is 12.1. The van der Waals surface area contributed by atoms with Crippen LogP contribution in [0.5, 0.6) is 11.5 Å². The topological polar surface area (TPSA) is 96.3 Å². The van der Waals surface area contributed by atoms with Gasteiger partial charge in [-0.2, -0.15) is 0 Å². The zero-order valence-electron chi connectivity index (χ0n) is 23.1. The van der Waals surface area contributed by atoms with Crippen LogP contribution in [0.4, 0.5) is 5.69 Å². The minimum absolute atomic E-state index is 0.136. The number of phenolic OH excluding ortho intramolecular Hbond substituents is 1. The molecule has 2 amide bonds. The van der Waals surface area contributed by atoms with Crippen LogP contribution in [0.3, 0.4) is 0 Å². The van der Waals surface area contributed by atoms with E-state index in [1.807, 2.05) is 37.3 Å². The molecule has 2 aromatic carbocycles. The number of allylic oxidation sites excluding steroid dienone is 2. The number of aromatic hydroxyl groups is 1. The van der Waals surface area contributed by atoms with E-state index in [9.17, 15) is 19.7 Å². The molecule has 0 bridgehead atoms. The molecule has 0 spiro atoms. The number of amides is 2. The third-order valence-corrected chi connectivity index (χ3v) is 9.23. The lowest BCUT2D eigenvalue weighted by atomic mass is 9.58. The number of imide groups is 1. The first-order chi connectivity index (χ1) is 19.2. The number of phenols is 1. The molecule has 0 saturated carbocycles. The summed E-state index contributed by atoms with van der Waals surface area (Å²) >= 11 is 2.10. The van der Waals surface area contributed by atoms with Crippen molar-refractivity contribution in [1.82, 2.24) is 0 Å². The first-order valence-electron chi connectivity index (χ1n) is 13.9. The average Bonchev–Trinajstić information content (AvgIpc) is 3.18. The second kappa shape index (κ2) is 12.1. The fourth-order valence-corrected chi connectivity index (χ4v) is 7.35. The largest absolute Gasteiger partial charge is 0.504 e. The lowest BCUT2D eigenvalue weighted by Gasteiger charge is -2.42. The molecule has 3 aliphatic rings. The maximum Gasteiger partial charge on any atom is 0.455 e. The molecular formula is C31H35BINO6. The van der Waals surface area contributed by atoms with Gasteiger partial charge in [0.1, 0.15) is 0 Å². The number of para-hydroxylation sites is 1. The van der Waals surface area contributed by atoms with Crippen LogP contribution in [0.25, 0.3) is 6.08 Å². The van der Waals surface area contributed by atoms with Gasteiger partial charge in [0.2, 0.25) is 11.8 Å². The Bertz CT molecular complexity index is 1360. The molecule has 9 heteroatoms. The Kier molecular flexibility index (Phi) is 8.73. The molecule has 2 saturated heterocycles. The zero-order valence-corrected chi connectivity index (χ0v) is 25.3. The quantitative estimate of drug-likeness (QED) is 0.157. The van der Waals surface area contributed by atoms with Gasteiger partial charge in [0.25, 0.3) is 0 Å². The Hall–Kier alpha value is -2.63. The highest BCUT2D eigenvalue weighted by Crippen LogP contribution is 2.51. The normalized spacial score (nSPS) is 24.9. The lowest BCUT2D eigenvalue weighted by Crippen LogP contribution is -2.46. The van der Waals surface area contributed by atoms with E-state index in [0.717, 1.165) is 39.5 Å². The van der Waals surface area contributed by atoms with Gasteiger partial charge in [-0.1, -0.05) is 48.8 Å². The number of hydrogen-bond donors (Lipinski definition) is 2. The molecule has 2 fully saturated rings. The summed E-state index contributed by atoms with van der Waals surface area (Å²) in [5, 5.41) is 21.0. The van der Waals surface area contributed by atoms with Crippen LogP contribution in [-0.4, -0.2) is 42.3 Å². The fourth-order valence-electron chi connectivity index (χ4n) is 6.73. The molecule has 2 aromatic rings. The van der Waals surface area contributed by atoms with Crippen molar-refractivity contribution in [2.24, 2.45) is 17.8 Å². The van der Waals surface area contributed by atoms with Crippen LogP contribution < -0.4 is 9.64 Å². The molecule has 1 aliphatic carbocycles. The Labute approximate surface area is 249 Å². The second-order valence-electron chi connectivity index (χ2n) is 11.0. The van der Waals surface area contributed by atoms with E-state index >= 15 is 0 Å². The molecule has 0 aromatic heterocycles. The summed E-state index contributed by atoms with van der Waals surface area (Å²) in [6.45, 7) is 4.18. The molecule has 4 atom stereocenters. The Morgan fingerprint density at radius 1 is 1.18 bits per heavy atom. The standard InChI is InChI=1S/C31H35BINO6/c1-4-8-19(14-20-15-24(33)29(35)26(16-20)39-3)11-12-25-27-18(2)13-22-28(23(27)17-32(38)40-25)31(37)34(30(22)36)21-9-6-5-7-10-21/h5-7,9-10,14-16,22-23,25,28,35,38H,4,8,11-13,17H2,1-3H3/b19-14+/t22-,23+,25-,28-/m1/s1. The summed E-state index contributed by atoms with van der Waals surface area (Å²) in [6.07, 6.45) is 5.97. The van der Waals surface area contributed by atoms with Crippen molar-refractivity contribution < 1.29 is 29.1 Å². The van der Waals surface area contributed by atoms with Gasteiger partial charge in [-0.25, -0.2) is 0 Å². The molecule has 210 valence electrons. The number of carbonyl (C=O) groups is 2. The number of rotatable bonds is 8. The Morgan fingerprint density at radius 3 is 2.62 bits per heavy atom. The number of anilines is 1. The fraction of sp³-hybridized carbons (Fsp3) is 0.419. The SMILES string of the molecule is CCC/C(=C\c1cc(I)c(O)c(OC)c1)CC[C@H]1OB(O)C[C@H]2C1=C(C)C[C@H]1C(=O)N(c3ccccc3)C(=O)[C@H]12. The Balaban J connectivity index is 1.40. The molecule has 5 rings (SSSR count). The van der Waals surface area contributed by atoms with Crippen LogP contribution in [0.15, 0.2) is 59.2 Å². The summed E-state index contributed by atoms with van der Waals surface area (Å²) < 4.78 is 12.2. The smallest absolute Gasteiger partial charge is 0.455 e. The Morgan fingerprint density at radius 2 is 1.93 bits per heavy atom. The van der Waals surface area contributed by atoms with Crippen LogP contribution >= 0.6 is 22.6 Å². The third-order valence-electron chi connectivity index (χ3n) is 8.41. The van der Waals surface area contributed by atoms with Crippen molar-refractivity contribution in [2.45, 2.75) is 58.4 Å². The van der Waals surface area contributed by atoms with E-state index in [0.29, 0.717) is 30.6 Å². The van der Waals surface area contributed by atoms with Crippen LogP contribution in [0, 0.1) is 21.3 Å². The van der Waals surface area contributed by atoms with E-state index in [1.165, 1.54) is 10.5 Å². The molecule has 2 heterocycles. The summed E-state index contributed by atoms with van der Waals surface area (Å²) in [6, 6.07) is 12.9. The van der Waals surface area contributed by atoms with Crippen LogP contribution in [0.2, 0.25) is 6.32 Å². The number of ether oxygens (including phenoxy) is 1. The van der Waals surface area contributed by atoms with Crippen molar-refractivity contribution in [3.8, 4) is 11.5 Å². The minimum Gasteiger partial charge on any atom is -0.504 e.